The summed E-state index contributed by atoms with van der Waals surface area (Å²) in [7, 11) is 0. The second-order valence-electron chi connectivity index (χ2n) is 4.92. The number of hydrogen-bond acceptors (Lipinski definition) is 3. The first-order valence-corrected chi connectivity index (χ1v) is 6.52. The van der Waals surface area contributed by atoms with Crippen LogP contribution in [0.15, 0.2) is 18.2 Å². The van der Waals surface area contributed by atoms with Crippen LogP contribution in [0.3, 0.4) is 0 Å². The summed E-state index contributed by atoms with van der Waals surface area (Å²) >= 11 is 4.97. The van der Waals surface area contributed by atoms with E-state index in [0.717, 1.165) is 18.3 Å². The van der Waals surface area contributed by atoms with Crippen molar-refractivity contribution in [1.29, 1.82) is 0 Å². The van der Waals surface area contributed by atoms with E-state index in [2.05, 4.69) is 23.7 Å². The van der Waals surface area contributed by atoms with Crippen molar-refractivity contribution in [2.75, 3.05) is 11.4 Å². The largest absolute Gasteiger partial charge is 0.388 e. The Hall–Kier alpha value is -1.16. The molecule has 2 rings (SSSR count). The highest BCUT2D eigenvalue weighted by Gasteiger charge is 2.23. The number of piperidine rings is 1. The van der Waals surface area contributed by atoms with Crippen LogP contribution >= 0.6 is 12.2 Å². The molecule has 0 saturated carbocycles. The van der Waals surface area contributed by atoms with E-state index in [-0.39, 0.29) is 0 Å². The second-order valence-corrected chi connectivity index (χ2v) is 5.36. The Kier molecular flexibility index (Phi) is 3.62. The van der Waals surface area contributed by atoms with Crippen LogP contribution in [0.4, 0.5) is 5.82 Å². The molecule has 0 bridgehead atoms. The summed E-state index contributed by atoms with van der Waals surface area (Å²) in [6.07, 6.45) is 2.45. The Labute approximate surface area is 108 Å². The van der Waals surface area contributed by atoms with Crippen LogP contribution in [-0.4, -0.2) is 22.6 Å². The van der Waals surface area contributed by atoms with E-state index in [1.807, 2.05) is 18.2 Å². The van der Waals surface area contributed by atoms with Crippen LogP contribution in [-0.2, 0) is 0 Å². The van der Waals surface area contributed by atoms with Gasteiger partial charge in [0.05, 0.1) is 5.69 Å². The molecule has 1 fully saturated rings. The number of nitrogens with zero attached hydrogens (tertiary/aromatic N) is 2. The molecule has 17 heavy (non-hydrogen) atoms. The van der Waals surface area contributed by atoms with E-state index in [1.165, 1.54) is 12.8 Å². The minimum Gasteiger partial charge on any atom is -0.388 e. The maximum absolute atomic E-state index is 5.62. The van der Waals surface area contributed by atoms with Gasteiger partial charge in [-0.15, -0.1) is 0 Å². The summed E-state index contributed by atoms with van der Waals surface area (Å²) in [5, 5.41) is 0. The molecule has 2 atom stereocenters. The first-order chi connectivity index (χ1) is 8.08. The summed E-state index contributed by atoms with van der Waals surface area (Å²) in [6, 6.07) is 6.41. The van der Waals surface area contributed by atoms with Crippen molar-refractivity contribution in [3.63, 3.8) is 0 Å². The van der Waals surface area contributed by atoms with Crippen molar-refractivity contribution in [2.24, 2.45) is 11.7 Å². The molecule has 0 aliphatic carbocycles. The highest BCUT2D eigenvalue weighted by atomic mass is 32.1. The van der Waals surface area contributed by atoms with Gasteiger partial charge in [0.15, 0.2) is 0 Å². The van der Waals surface area contributed by atoms with E-state index in [4.69, 9.17) is 18.0 Å². The van der Waals surface area contributed by atoms with Crippen molar-refractivity contribution in [2.45, 2.75) is 32.7 Å². The van der Waals surface area contributed by atoms with Gasteiger partial charge in [-0.3, -0.25) is 0 Å². The number of pyridine rings is 1. The topological polar surface area (TPSA) is 42.1 Å². The summed E-state index contributed by atoms with van der Waals surface area (Å²) < 4.78 is 0. The van der Waals surface area contributed by atoms with Gasteiger partial charge in [-0.2, -0.15) is 0 Å². The third kappa shape index (κ3) is 2.75. The third-order valence-corrected chi connectivity index (χ3v) is 3.63. The molecule has 1 aliphatic heterocycles. The number of anilines is 1. The summed E-state index contributed by atoms with van der Waals surface area (Å²) in [6.45, 7) is 5.63. The highest BCUT2D eigenvalue weighted by Crippen LogP contribution is 2.26. The first kappa shape index (κ1) is 12.3. The molecule has 1 aliphatic rings. The molecule has 4 heteroatoms. The van der Waals surface area contributed by atoms with Gasteiger partial charge in [0, 0.05) is 12.6 Å². The first-order valence-electron chi connectivity index (χ1n) is 6.11. The predicted octanol–water partition coefficient (Wildman–Crippen LogP) is 2.34. The number of nitrogens with two attached hydrogens (primary N) is 1. The normalized spacial score (nSPS) is 24.7. The number of aromatic nitrogens is 1. The van der Waals surface area contributed by atoms with Crippen molar-refractivity contribution in [1.82, 2.24) is 4.98 Å². The lowest BCUT2D eigenvalue weighted by molar-refractivity contribution is 0.376. The van der Waals surface area contributed by atoms with Gasteiger partial charge in [0.2, 0.25) is 0 Å². The highest BCUT2D eigenvalue weighted by molar-refractivity contribution is 7.80. The lowest BCUT2D eigenvalue weighted by Crippen LogP contribution is -2.40. The summed E-state index contributed by atoms with van der Waals surface area (Å²) in [5.74, 6) is 1.80. The molecule has 2 heterocycles. The van der Waals surface area contributed by atoms with Gasteiger partial charge in [-0.25, -0.2) is 4.98 Å². The summed E-state index contributed by atoms with van der Waals surface area (Å²) in [5.41, 5.74) is 6.33. The summed E-state index contributed by atoms with van der Waals surface area (Å²) in [4.78, 5) is 7.25. The van der Waals surface area contributed by atoms with Crippen LogP contribution in [0.25, 0.3) is 0 Å². The van der Waals surface area contributed by atoms with Crippen molar-refractivity contribution in [3.8, 4) is 0 Å². The van der Waals surface area contributed by atoms with Crippen LogP contribution < -0.4 is 10.6 Å². The minimum atomic E-state index is 0.366. The van der Waals surface area contributed by atoms with Gasteiger partial charge in [-0.05, 0) is 37.8 Å². The lowest BCUT2D eigenvalue weighted by Gasteiger charge is -2.37. The SMILES string of the molecule is CC1CCN(c2cccc(C(N)=S)n2)C(C)C1. The lowest BCUT2D eigenvalue weighted by atomic mass is 9.93. The average molecular weight is 249 g/mol. The minimum absolute atomic E-state index is 0.366. The fourth-order valence-electron chi connectivity index (χ4n) is 2.47. The van der Waals surface area contributed by atoms with Crippen LogP contribution in [0.5, 0.6) is 0 Å². The van der Waals surface area contributed by atoms with E-state index >= 15 is 0 Å². The van der Waals surface area contributed by atoms with Crippen LogP contribution in [0, 0.1) is 5.92 Å². The molecule has 2 unspecified atom stereocenters. The van der Waals surface area contributed by atoms with Gasteiger partial charge in [0.25, 0.3) is 0 Å². The Morgan fingerprint density at radius 2 is 2.24 bits per heavy atom. The molecule has 2 N–H and O–H groups in total. The van der Waals surface area contributed by atoms with Crippen LogP contribution in [0.1, 0.15) is 32.4 Å². The van der Waals surface area contributed by atoms with E-state index in [1.54, 1.807) is 0 Å². The van der Waals surface area contributed by atoms with Crippen LogP contribution in [0.2, 0.25) is 0 Å². The van der Waals surface area contributed by atoms with Gasteiger partial charge < -0.3 is 10.6 Å². The molecular weight excluding hydrogens is 230 g/mol. The smallest absolute Gasteiger partial charge is 0.129 e. The van der Waals surface area contributed by atoms with E-state index in [0.29, 0.717) is 16.7 Å². The molecule has 3 nitrogen and oxygen atoms in total. The van der Waals surface area contributed by atoms with Gasteiger partial charge in [-0.1, -0.05) is 25.2 Å². The Bertz CT molecular complexity index is 419. The predicted molar refractivity (Wildman–Crippen MR) is 75.3 cm³/mol. The fourth-order valence-corrected chi connectivity index (χ4v) is 2.58. The average Bonchev–Trinajstić information content (AvgIpc) is 2.29. The van der Waals surface area contributed by atoms with Crippen molar-refractivity contribution in [3.05, 3.63) is 23.9 Å². The quantitative estimate of drug-likeness (QED) is 0.817. The maximum Gasteiger partial charge on any atom is 0.129 e. The Balaban J connectivity index is 2.22. The van der Waals surface area contributed by atoms with E-state index in [9.17, 15) is 0 Å². The zero-order valence-electron chi connectivity index (χ0n) is 10.4. The monoisotopic (exact) mass is 249 g/mol. The second kappa shape index (κ2) is 5.00. The van der Waals surface area contributed by atoms with E-state index < -0.39 is 0 Å². The fraction of sp³-hybridized carbons (Fsp3) is 0.538. The van der Waals surface area contributed by atoms with Crippen molar-refractivity contribution >= 4 is 23.0 Å². The number of rotatable bonds is 2. The molecule has 1 saturated heterocycles. The maximum atomic E-state index is 5.62. The third-order valence-electron chi connectivity index (χ3n) is 3.42. The zero-order valence-corrected chi connectivity index (χ0v) is 11.2. The molecule has 1 aromatic rings. The van der Waals surface area contributed by atoms with Crippen molar-refractivity contribution < 1.29 is 0 Å². The zero-order chi connectivity index (χ0) is 12.4. The van der Waals surface area contributed by atoms with Gasteiger partial charge >= 0.3 is 0 Å². The molecule has 92 valence electrons. The molecule has 0 spiro atoms. The number of hydrogen-bond donors (Lipinski definition) is 1. The Morgan fingerprint density at radius 3 is 2.88 bits per heavy atom. The molecular formula is C13H19N3S. The standard InChI is InChI=1S/C13H19N3S/c1-9-6-7-16(10(2)8-9)12-5-3-4-11(15-12)13(14)17/h3-5,9-10H,6-8H2,1-2H3,(H2,14,17). The molecule has 1 aromatic heterocycles. The molecule has 0 aromatic carbocycles. The van der Waals surface area contributed by atoms with Gasteiger partial charge in [0.1, 0.15) is 10.8 Å². The molecule has 0 radical (unpaired) electrons. The Morgan fingerprint density at radius 1 is 1.47 bits per heavy atom. The molecule has 0 amide bonds. The number of thiocarbonyl (C=S) groups is 1.